The molecule has 0 aliphatic heterocycles. The summed E-state index contributed by atoms with van der Waals surface area (Å²) in [5.74, 6) is 0.751. The van der Waals surface area contributed by atoms with Crippen molar-refractivity contribution in [2.45, 2.75) is 40.2 Å². The molecule has 0 radical (unpaired) electrons. The number of hydrogen-bond acceptors (Lipinski definition) is 2. The first kappa shape index (κ1) is 11.7. The van der Waals surface area contributed by atoms with Crippen molar-refractivity contribution in [3.05, 3.63) is 21.9 Å². The van der Waals surface area contributed by atoms with Gasteiger partial charge >= 0.3 is 0 Å². The van der Waals surface area contributed by atoms with Crippen LogP contribution in [0.2, 0.25) is 0 Å². The van der Waals surface area contributed by atoms with Gasteiger partial charge in [0.25, 0.3) is 0 Å². The number of hydrogen-bond donors (Lipinski definition) is 1. The molecule has 0 aliphatic carbocycles. The molecule has 0 bridgehead atoms. The van der Waals surface area contributed by atoms with Crippen LogP contribution >= 0.6 is 11.3 Å². The van der Waals surface area contributed by atoms with Crippen molar-refractivity contribution in [3.8, 4) is 0 Å². The minimum absolute atomic E-state index is 0.556. The summed E-state index contributed by atoms with van der Waals surface area (Å²) in [5.41, 5.74) is 1.43. The average molecular weight is 211 g/mol. The van der Waals surface area contributed by atoms with E-state index in [1.165, 1.54) is 16.9 Å². The molecule has 0 aliphatic rings. The Morgan fingerprint density at radius 1 is 1.43 bits per heavy atom. The molecule has 1 heterocycles. The van der Waals surface area contributed by atoms with Gasteiger partial charge in [-0.2, -0.15) is 0 Å². The van der Waals surface area contributed by atoms with E-state index >= 15 is 0 Å². The molecule has 2 heteroatoms. The van der Waals surface area contributed by atoms with Crippen LogP contribution in [0.25, 0.3) is 0 Å². The molecule has 80 valence electrons. The van der Waals surface area contributed by atoms with E-state index in [2.05, 4.69) is 44.5 Å². The molecule has 1 aromatic heterocycles. The highest BCUT2D eigenvalue weighted by molar-refractivity contribution is 7.10. The predicted octanol–water partition coefficient (Wildman–Crippen LogP) is 3.75. The fourth-order valence-electron chi connectivity index (χ4n) is 1.74. The molecular formula is C12H21NS. The Balaban J connectivity index is 2.72. The highest BCUT2D eigenvalue weighted by Gasteiger charge is 2.15. The van der Waals surface area contributed by atoms with Gasteiger partial charge in [0.1, 0.15) is 0 Å². The SMILES string of the molecule is CCNC(CC(C)C)c1sccc1C. The Hall–Kier alpha value is -0.340. The fourth-order valence-corrected chi connectivity index (χ4v) is 2.76. The Bertz CT molecular complexity index is 265. The first-order chi connectivity index (χ1) is 6.65. The lowest BCUT2D eigenvalue weighted by molar-refractivity contribution is 0.442. The minimum Gasteiger partial charge on any atom is -0.310 e. The number of aryl methyl sites for hydroxylation is 1. The lowest BCUT2D eigenvalue weighted by Gasteiger charge is -2.19. The normalized spacial score (nSPS) is 13.5. The molecule has 14 heavy (non-hydrogen) atoms. The van der Waals surface area contributed by atoms with E-state index in [4.69, 9.17) is 0 Å². The van der Waals surface area contributed by atoms with Gasteiger partial charge in [0.15, 0.2) is 0 Å². The molecule has 0 aromatic carbocycles. The zero-order chi connectivity index (χ0) is 10.6. The molecule has 0 saturated carbocycles. The standard InChI is InChI=1S/C12H21NS/c1-5-13-11(8-9(2)3)12-10(4)6-7-14-12/h6-7,9,11,13H,5,8H2,1-4H3. The van der Waals surface area contributed by atoms with E-state index < -0.39 is 0 Å². The molecule has 0 fully saturated rings. The van der Waals surface area contributed by atoms with Gasteiger partial charge < -0.3 is 5.32 Å². The van der Waals surface area contributed by atoms with Crippen LogP contribution in [0, 0.1) is 12.8 Å². The zero-order valence-electron chi connectivity index (χ0n) is 9.63. The predicted molar refractivity (Wildman–Crippen MR) is 64.9 cm³/mol. The summed E-state index contributed by atoms with van der Waals surface area (Å²) in [5, 5.41) is 5.76. The maximum atomic E-state index is 3.57. The van der Waals surface area contributed by atoms with Crippen molar-refractivity contribution < 1.29 is 0 Å². The van der Waals surface area contributed by atoms with Crippen LogP contribution in [0.4, 0.5) is 0 Å². The van der Waals surface area contributed by atoms with Crippen LogP contribution < -0.4 is 5.32 Å². The molecular weight excluding hydrogens is 190 g/mol. The minimum atomic E-state index is 0.556. The van der Waals surface area contributed by atoms with Crippen molar-refractivity contribution in [2.24, 2.45) is 5.92 Å². The van der Waals surface area contributed by atoms with E-state index in [1.54, 1.807) is 0 Å². The van der Waals surface area contributed by atoms with Crippen LogP contribution in [0.15, 0.2) is 11.4 Å². The molecule has 0 saturated heterocycles. The second kappa shape index (κ2) is 5.52. The summed E-state index contributed by atoms with van der Waals surface area (Å²) < 4.78 is 0. The summed E-state index contributed by atoms with van der Waals surface area (Å²) in [4.78, 5) is 1.51. The molecule has 1 atom stereocenters. The van der Waals surface area contributed by atoms with Crippen LogP contribution in [-0.2, 0) is 0 Å². The third-order valence-electron chi connectivity index (χ3n) is 2.38. The van der Waals surface area contributed by atoms with Crippen LogP contribution in [-0.4, -0.2) is 6.54 Å². The number of rotatable bonds is 5. The lowest BCUT2D eigenvalue weighted by atomic mass is 10.0. The monoisotopic (exact) mass is 211 g/mol. The van der Waals surface area contributed by atoms with Gasteiger partial charge in [-0.3, -0.25) is 0 Å². The Morgan fingerprint density at radius 3 is 2.57 bits per heavy atom. The van der Waals surface area contributed by atoms with Crippen molar-refractivity contribution in [1.29, 1.82) is 0 Å². The summed E-state index contributed by atoms with van der Waals surface area (Å²) in [7, 11) is 0. The van der Waals surface area contributed by atoms with E-state index in [0.717, 1.165) is 12.5 Å². The number of nitrogens with one attached hydrogen (secondary N) is 1. The number of thiophene rings is 1. The zero-order valence-corrected chi connectivity index (χ0v) is 10.4. The van der Waals surface area contributed by atoms with Crippen molar-refractivity contribution in [3.63, 3.8) is 0 Å². The van der Waals surface area contributed by atoms with Gasteiger partial charge in [0, 0.05) is 10.9 Å². The first-order valence-electron chi connectivity index (χ1n) is 5.42. The molecule has 0 spiro atoms. The molecule has 1 aromatic rings. The first-order valence-corrected chi connectivity index (χ1v) is 6.30. The van der Waals surface area contributed by atoms with Gasteiger partial charge in [0.2, 0.25) is 0 Å². The van der Waals surface area contributed by atoms with Crippen LogP contribution in [0.3, 0.4) is 0 Å². The molecule has 1 rings (SSSR count). The van der Waals surface area contributed by atoms with Crippen molar-refractivity contribution >= 4 is 11.3 Å². The quantitative estimate of drug-likeness (QED) is 0.782. The lowest BCUT2D eigenvalue weighted by Crippen LogP contribution is -2.22. The Kier molecular flexibility index (Phi) is 4.63. The highest BCUT2D eigenvalue weighted by atomic mass is 32.1. The smallest absolute Gasteiger partial charge is 0.0419 e. The molecule has 1 nitrogen and oxygen atoms in total. The summed E-state index contributed by atoms with van der Waals surface area (Å²) in [6.07, 6.45) is 1.23. The molecule has 0 amide bonds. The maximum Gasteiger partial charge on any atom is 0.0419 e. The van der Waals surface area contributed by atoms with E-state index in [9.17, 15) is 0 Å². The molecule has 1 N–H and O–H groups in total. The van der Waals surface area contributed by atoms with Crippen LogP contribution in [0.1, 0.15) is 43.7 Å². The average Bonchev–Trinajstić information content (AvgIpc) is 2.50. The van der Waals surface area contributed by atoms with E-state index in [-0.39, 0.29) is 0 Å². The van der Waals surface area contributed by atoms with Crippen molar-refractivity contribution in [2.75, 3.05) is 6.54 Å². The largest absolute Gasteiger partial charge is 0.310 e. The molecule has 1 unspecified atom stereocenters. The maximum absolute atomic E-state index is 3.57. The second-order valence-electron chi connectivity index (χ2n) is 4.21. The summed E-state index contributed by atoms with van der Waals surface area (Å²) in [6.45, 7) is 10.0. The van der Waals surface area contributed by atoms with Crippen molar-refractivity contribution in [1.82, 2.24) is 5.32 Å². The third kappa shape index (κ3) is 3.10. The van der Waals surface area contributed by atoms with E-state index in [0.29, 0.717) is 6.04 Å². The highest BCUT2D eigenvalue weighted by Crippen LogP contribution is 2.28. The van der Waals surface area contributed by atoms with Gasteiger partial charge in [-0.1, -0.05) is 20.8 Å². The topological polar surface area (TPSA) is 12.0 Å². The third-order valence-corrected chi connectivity index (χ3v) is 3.51. The van der Waals surface area contributed by atoms with Gasteiger partial charge in [0.05, 0.1) is 0 Å². The van der Waals surface area contributed by atoms with Gasteiger partial charge in [-0.05, 0) is 42.8 Å². The van der Waals surface area contributed by atoms with Crippen LogP contribution in [0.5, 0.6) is 0 Å². The van der Waals surface area contributed by atoms with Gasteiger partial charge in [-0.25, -0.2) is 0 Å². The Morgan fingerprint density at radius 2 is 2.14 bits per heavy atom. The summed E-state index contributed by atoms with van der Waals surface area (Å²) >= 11 is 1.88. The van der Waals surface area contributed by atoms with Gasteiger partial charge in [-0.15, -0.1) is 11.3 Å². The fraction of sp³-hybridized carbons (Fsp3) is 0.667. The second-order valence-corrected chi connectivity index (χ2v) is 5.16. The summed E-state index contributed by atoms with van der Waals surface area (Å²) in [6, 6.07) is 2.77. The van der Waals surface area contributed by atoms with E-state index in [1.807, 2.05) is 11.3 Å². The Labute approximate surface area is 91.5 Å².